The second-order valence-electron chi connectivity index (χ2n) is 6.46. The Morgan fingerprint density at radius 2 is 1.20 bits per heavy atom. The molecule has 2 nitrogen and oxygen atoms in total. The highest BCUT2D eigenvalue weighted by Gasteiger charge is 2.31. The molecule has 114 valence electrons. The maximum absolute atomic E-state index is 12.2. The summed E-state index contributed by atoms with van der Waals surface area (Å²) in [7, 11) is 0. The summed E-state index contributed by atoms with van der Waals surface area (Å²) in [4.78, 5) is 15.9. The predicted molar refractivity (Wildman–Crippen MR) is 88.2 cm³/mol. The Balaban J connectivity index is 2.55. The molecule has 1 aliphatic carbocycles. The van der Waals surface area contributed by atoms with Gasteiger partial charge in [-0.3, -0.25) is 4.79 Å². The lowest BCUT2D eigenvalue weighted by atomic mass is 9.79. The zero-order valence-electron chi connectivity index (χ0n) is 13.0. The molecule has 1 rings (SSSR count). The van der Waals surface area contributed by atoms with E-state index in [4.69, 9.17) is 0 Å². The van der Waals surface area contributed by atoms with Gasteiger partial charge in [-0.1, -0.05) is 77.6 Å². The number of carbonyl (C=O) groups is 1. The third kappa shape index (κ3) is 6.76. The average molecular weight is 295 g/mol. The number of carbonyl (C=O) groups excluding carboxylic acids is 1. The Bertz CT molecular complexity index is 320. The number of nitrogens with zero attached hydrogens (tertiary/aromatic N) is 1. The zero-order valence-corrected chi connectivity index (χ0v) is 13.8. The van der Waals surface area contributed by atoms with E-state index in [1.807, 2.05) is 0 Å². The molecular formula is C17H29NOS. The third-order valence-electron chi connectivity index (χ3n) is 4.62. The van der Waals surface area contributed by atoms with Crippen LogP contribution in [0.4, 0.5) is 0 Å². The molecule has 1 aliphatic rings. The van der Waals surface area contributed by atoms with E-state index in [9.17, 15) is 4.79 Å². The highest BCUT2D eigenvalue weighted by Crippen LogP contribution is 2.33. The van der Waals surface area contributed by atoms with E-state index in [1.54, 1.807) is 0 Å². The van der Waals surface area contributed by atoms with Crippen molar-refractivity contribution in [2.24, 2.45) is 10.4 Å². The minimum atomic E-state index is -0.310. The molecule has 0 saturated heterocycles. The summed E-state index contributed by atoms with van der Waals surface area (Å²) in [6, 6.07) is 0. The van der Waals surface area contributed by atoms with E-state index in [2.05, 4.69) is 29.3 Å². The van der Waals surface area contributed by atoms with Gasteiger partial charge in [0.2, 0.25) is 0 Å². The number of rotatable bonds is 1. The van der Waals surface area contributed by atoms with Crippen LogP contribution in [0, 0.1) is 5.41 Å². The van der Waals surface area contributed by atoms with Crippen molar-refractivity contribution >= 4 is 23.3 Å². The summed E-state index contributed by atoms with van der Waals surface area (Å²) in [5.74, 6) is -0.0559. The first-order valence-electron chi connectivity index (χ1n) is 8.31. The fraction of sp³-hybridized carbons (Fsp3) is 0.882. The Morgan fingerprint density at radius 3 is 1.55 bits per heavy atom. The predicted octanol–water partition coefficient (Wildman–Crippen LogP) is 5.71. The van der Waals surface area contributed by atoms with E-state index in [-0.39, 0.29) is 11.3 Å². The Morgan fingerprint density at radius 1 is 0.850 bits per heavy atom. The second-order valence-corrected chi connectivity index (χ2v) is 6.64. The molecule has 0 bridgehead atoms. The van der Waals surface area contributed by atoms with Crippen molar-refractivity contribution in [1.82, 2.24) is 0 Å². The summed E-state index contributed by atoms with van der Waals surface area (Å²) in [5.41, 5.74) is -0.310. The van der Waals surface area contributed by atoms with Gasteiger partial charge in [-0.25, -0.2) is 0 Å². The lowest BCUT2D eigenvalue weighted by molar-refractivity contribution is -0.127. The van der Waals surface area contributed by atoms with Crippen molar-refractivity contribution in [3.05, 3.63) is 0 Å². The van der Waals surface area contributed by atoms with Crippen molar-refractivity contribution < 1.29 is 4.79 Å². The van der Waals surface area contributed by atoms with Crippen LogP contribution in [0.1, 0.15) is 90.4 Å². The molecular weight excluding hydrogens is 266 g/mol. The van der Waals surface area contributed by atoms with Crippen molar-refractivity contribution in [3.63, 3.8) is 0 Å². The molecule has 0 aliphatic heterocycles. The SMILES string of the molecule is CC1(C(=O)N=C=S)CCCCCCCCCCCCC1. The molecule has 0 atom stereocenters. The number of hydrogen-bond donors (Lipinski definition) is 0. The number of amides is 1. The quantitative estimate of drug-likeness (QED) is 0.458. The van der Waals surface area contributed by atoms with E-state index in [0.717, 1.165) is 25.7 Å². The van der Waals surface area contributed by atoms with Crippen molar-refractivity contribution in [1.29, 1.82) is 0 Å². The molecule has 20 heavy (non-hydrogen) atoms. The fourth-order valence-corrected chi connectivity index (χ4v) is 3.22. The van der Waals surface area contributed by atoms with Crippen LogP contribution in [0.25, 0.3) is 0 Å². The van der Waals surface area contributed by atoms with Crippen LogP contribution in [0.5, 0.6) is 0 Å². The molecule has 0 aromatic heterocycles. The van der Waals surface area contributed by atoms with Gasteiger partial charge in [-0.2, -0.15) is 4.99 Å². The summed E-state index contributed by atoms with van der Waals surface area (Å²) >= 11 is 4.59. The van der Waals surface area contributed by atoms with Crippen LogP contribution in [-0.4, -0.2) is 11.1 Å². The van der Waals surface area contributed by atoms with E-state index in [1.165, 1.54) is 57.8 Å². The topological polar surface area (TPSA) is 29.4 Å². The molecule has 0 aromatic rings. The molecule has 0 unspecified atom stereocenters. The molecule has 0 N–H and O–H groups in total. The minimum Gasteiger partial charge on any atom is -0.271 e. The summed E-state index contributed by atoms with van der Waals surface area (Å²) < 4.78 is 0. The van der Waals surface area contributed by atoms with Gasteiger partial charge in [0, 0.05) is 5.41 Å². The molecule has 1 saturated carbocycles. The molecule has 1 fully saturated rings. The van der Waals surface area contributed by atoms with Gasteiger partial charge < -0.3 is 0 Å². The van der Waals surface area contributed by atoms with Crippen LogP contribution in [-0.2, 0) is 4.79 Å². The third-order valence-corrected chi connectivity index (χ3v) is 4.71. The Kier molecular flexibility index (Phi) is 8.97. The molecule has 0 spiro atoms. The van der Waals surface area contributed by atoms with Gasteiger partial charge in [-0.15, -0.1) is 0 Å². The van der Waals surface area contributed by atoms with Crippen LogP contribution in [0.2, 0.25) is 0 Å². The zero-order chi connectivity index (χ0) is 14.7. The number of hydrogen-bond acceptors (Lipinski definition) is 2. The molecule has 0 heterocycles. The Labute approximate surface area is 129 Å². The monoisotopic (exact) mass is 295 g/mol. The average Bonchev–Trinajstić information content (AvgIpc) is 2.43. The van der Waals surface area contributed by atoms with Gasteiger partial charge in [0.25, 0.3) is 5.91 Å². The summed E-state index contributed by atoms with van der Waals surface area (Å²) in [5, 5.41) is 2.25. The Hall–Kier alpha value is -0.530. The van der Waals surface area contributed by atoms with Gasteiger partial charge in [-0.05, 0) is 25.1 Å². The van der Waals surface area contributed by atoms with E-state index >= 15 is 0 Å². The fourth-order valence-electron chi connectivity index (χ4n) is 3.14. The summed E-state index contributed by atoms with van der Waals surface area (Å²) in [6.07, 6.45) is 16.1. The molecule has 0 aromatic carbocycles. The van der Waals surface area contributed by atoms with Crippen LogP contribution in [0.15, 0.2) is 4.99 Å². The van der Waals surface area contributed by atoms with E-state index in [0.29, 0.717) is 0 Å². The first-order chi connectivity index (χ1) is 9.69. The second kappa shape index (κ2) is 10.2. The lowest BCUT2D eigenvalue weighted by Gasteiger charge is -2.25. The maximum Gasteiger partial charge on any atom is 0.260 e. The van der Waals surface area contributed by atoms with Crippen LogP contribution >= 0.6 is 12.2 Å². The first-order valence-corrected chi connectivity index (χ1v) is 8.72. The first kappa shape index (κ1) is 17.5. The number of aliphatic imine (C=N–C) groups is 1. The van der Waals surface area contributed by atoms with Crippen molar-refractivity contribution in [2.75, 3.05) is 0 Å². The molecule has 3 heteroatoms. The lowest BCUT2D eigenvalue weighted by Crippen LogP contribution is -2.26. The molecule has 0 radical (unpaired) electrons. The molecule has 1 amide bonds. The van der Waals surface area contributed by atoms with Crippen molar-refractivity contribution in [2.45, 2.75) is 90.4 Å². The van der Waals surface area contributed by atoms with Crippen molar-refractivity contribution in [3.8, 4) is 0 Å². The maximum atomic E-state index is 12.2. The normalized spacial score (nSPS) is 22.2. The largest absolute Gasteiger partial charge is 0.271 e. The van der Waals surface area contributed by atoms with Gasteiger partial charge in [0.15, 0.2) is 0 Å². The smallest absolute Gasteiger partial charge is 0.260 e. The van der Waals surface area contributed by atoms with Gasteiger partial charge >= 0.3 is 0 Å². The minimum absolute atomic E-state index is 0.0559. The highest BCUT2D eigenvalue weighted by molar-refractivity contribution is 7.78. The van der Waals surface area contributed by atoms with Gasteiger partial charge in [0.1, 0.15) is 0 Å². The highest BCUT2D eigenvalue weighted by atomic mass is 32.1. The van der Waals surface area contributed by atoms with Gasteiger partial charge in [0.05, 0.1) is 5.16 Å². The van der Waals surface area contributed by atoms with Crippen LogP contribution < -0.4 is 0 Å². The van der Waals surface area contributed by atoms with Crippen LogP contribution in [0.3, 0.4) is 0 Å². The number of isothiocyanates is 1. The summed E-state index contributed by atoms with van der Waals surface area (Å²) in [6.45, 7) is 2.07. The number of thiocarbonyl (C=S) groups is 1. The standard InChI is InChI=1S/C17H29NOS/c1-17(16(19)18-15-20)13-11-9-7-5-3-2-4-6-8-10-12-14-17/h2-14H2,1H3. The van der Waals surface area contributed by atoms with E-state index < -0.39 is 0 Å².